The SMILES string of the molecule is CCOc1ccc2[nH]c(=O)c([C@H](c3nnnn3C[C@@H]3CCCO3)N3CCN(c4ccc(O)cc4)CC3)cc2c1. The molecule has 11 nitrogen and oxygen atoms in total. The van der Waals surface area contributed by atoms with Crippen LogP contribution in [0.2, 0.25) is 0 Å². The van der Waals surface area contributed by atoms with E-state index < -0.39 is 6.04 Å². The second-order valence-electron chi connectivity index (χ2n) is 10.0. The van der Waals surface area contributed by atoms with Crippen LogP contribution in [0.5, 0.6) is 11.5 Å². The molecule has 2 atom stereocenters. The first-order valence-corrected chi connectivity index (χ1v) is 13.5. The first kappa shape index (κ1) is 25.3. The Hall–Kier alpha value is -3.96. The van der Waals surface area contributed by atoms with E-state index in [1.54, 1.807) is 16.8 Å². The number of rotatable bonds is 8. The third kappa shape index (κ3) is 5.32. The van der Waals surface area contributed by atoms with E-state index in [-0.39, 0.29) is 17.4 Å². The van der Waals surface area contributed by atoms with Crippen LogP contribution in [0.15, 0.2) is 53.3 Å². The zero-order valence-corrected chi connectivity index (χ0v) is 22.0. The molecule has 2 aromatic heterocycles. The van der Waals surface area contributed by atoms with Crippen molar-refractivity contribution in [3.8, 4) is 11.5 Å². The molecule has 6 rings (SSSR count). The molecule has 0 saturated carbocycles. The number of pyridine rings is 1. The fourth-order valence-corrected chi connectivity index (χ4v) is 5.58. The van der Waals surface area contributed by atoms with Gasteiger partial charge in [-0.3, -0.25) is 9.69 Å². The predicted molar refractivity (Wildman–Crippen MR) is 146 cm³/mol. The Balaban J connectivity index is 1.36. The van der Waals surface area contributed by atoms with E-state index in [2.05, 4.69) is 30.3 Å². The Morgan fingerprint density at radius 2 is 1.95 bits per heavy atom. The number of phenolic OH excluding ortho intramolecular Hbond substituents is 1. The number of nitrogens with zero attached hydrogens (tertiary/aromatic N) is 6. The van der Waals surface area contributed by atoms with Crippen molar-refractivity contribution in [2.24, 2.45) is 0 Å². The summed E-state index contributed by atoms with van der Waals surface area (Å²) in [6.07, 6.45) is 2.05. The van der Waals surface area contributed by atoms with Gasteiger partial charge < -0.3 is 24.5 Å². The van der Waals surface area contributed by atoms with Crippen molar-refractivity contribution in [3.63, 3.8) is 0 Å². The van der Waals surface area contributed by atoms with Crippen molar-refractivity contribution in [2.75, 3.05) is 44.3 Å². The number of hydrogen-bond donors (Lipinski definition) is 2. The van der Waals surface area contributed by atoms with E-state index >= 15 is 0 Å². The Morgan fingerprint density at radius 3 is 2.69 bits per heavy atom. The average Bonchev–Trinajstić information content (AvgIpc) is 3.63. The monoisotopic (exact) mass is 531 g/mol. The van der Waals surface area contributed by atoms with Crippen molar-refractivity contribution in [1.29, 1.82) is 0 Å². The van der Waals surface area contributed by atoms with Crippen molar-refractivity contribution < 1.29 is 14.6 Å². The zero-order valence-electron chi connectivity index (χ0n) is 22.0. The first-order valence-electron chi connectivity index (χ1n) is 13.5. The van der Waals surface area contributed by atoms with Crippen LogP contribution < -0.4 is 15.2 Å². The standard InChI is InChI=1S/C28H33N7O4/c1-2-38-22-9-10-25-19(16-22)17-24(28(37)29-25)26(27-30-31-32-35(27)18-23-4-3-15-39-23)34-13-11-33(12-14-34)20-5-7-21(36)8-6-20/h5-10,16-17,23,26,36H,2-4,11-15,18H2,1H3,(H,29,37)/t23-,26+/m0/s1. The zero-order chi connectivity index (χ0) is 26.8. The third-order valence-electron chi connectivity index (χ3n) is 7.55. The Kier molecular flexibility index (Phi) is 7.16. The number of aromatic nitrogens is 5. The van der Waals surface area contributed by atoms with Gasteiger partial charge in [0, 0.05) is 54.9 Å². The lowest BCUT2D eigenvalue weighted by molar-refractivity contribution is 0.0906. The van der Waals surface area contributed by atoms with Gasteiger partial charge in [-0.1, -0.05) is 0 Å². The number of fused-ring (bicyclic) bond motifs is 1. The van der Waals surface area contributed by atoms with Crippen LogP contribution in [0.3, 0.4) is 0 Å². The van der Waals surface area contributed by atoms with Crippen LogP contribution in [0.25, 0.3) is 10.9 Å². The fraction of sp³-hybridized carbons (Fsp3) is 0.429. The molecule has 2 aliphatic heterocycles. The van der Waals surface area contributed by atoms with Crippen molar-refractivity contribution in [1.82, 2.24) is 30.1 Å². The van der Waals surface area contributed by atoms with Gasteiger partial charge >= 0.3 is 0 Å². The van der Waals surface area contributed by atoms with Crippen LogP contribution >= 0.6 is 0 Å². The molecule has 2 saturated heterocycles. The lowest BCUT2D eigenvalue weighted by Crippen LogP contribution is -2.49. The molecule has 4 aromatic rings. The maximum Gasteiger partial charge on any atom is 0.253 e. The maximum atomic E-state index is 13.5. The molecule has 2 fully saturated rings. The van der Waals surface area contributed by atoms with Gasteiger partial charge in [-0.2, -0.15) is 0 Å². The number of ether oxygens (including phenoxy) is 2. The van der Waals surface area contributed by atoms with Crippen LogP contribution in [0.1, 0.15) is 37.2 Å². The van der Waals surface area contributed by atoms with E-state index in [1.165, 1.54) is 0 Å². The Morgan fingerprint density at radius 1 is 1.13 bits per heavy atom. The molecule has 4 heterocycles. The minimum absolute atomic E-state index is 0.0582. The molecule has 0 radical (unpaired) electrons. The number of phenols is 1. The molecule has 2 aliphatic rings. The number of aromatic amines is 1. The summed E-state index contributed by atoms with van der Waals surface area (Å²) in [4.78, 5) is 21.2. The minimum atomic E-state index is -0.438. The molecular formula is C28H33N7O4. The number of H-pyrrole nitrogens is 1. The summed E-state index contributed by atoms with van der Waals surface area (Å²) in [5, 5.41) is 23.3. The lowest BCUT2D eigenvalue weighted by atomic mass is 10.0. The molecule has 0 bridgehead atoms. The number of tetrazole rings is 1. The van der Waals surface area contributed by atoms with Crippen LogP contribution in [-0.2, 0) is 11.3 Å². The van der Waals surface area contributed by atoms with E-state index in [1.807, 2.05) is 43.3 Å². The molecule has 0 spiro atoms. The first-order chi connectivity index (χ1) is 19.1. The summed E-state index contributed by atoms with van der Waals surface area (Å²) in [6, 6.07) is 14.5. The van der Waals surface area contributed by atoms with Gasteiger partial charge in [0.2, 0.25) is 0 Å². The Labute approximate surface area is 226 Å². The molecule has 2 N–H and O–H groups in total. The van der Waals surface area contributed by atoms with Crippen molar-refractivity contribution >= 4 is 16.6 Å². The highest BCUT2D eigenvalue weighted by molar-refractivity contribution is 5.80. The summed E-state index contributed by atoms with van der Waals surface area (Å²) >= 11 is 0. The highest BCUT2D eigenvalue weighted by Gasteiger charge is 2.33. The lowest BCUT2D eigenvalue weighted by Gasteiger charge is -2.39. The highest BCUT2D eigenvalue weighted by atomic mass is 16.5. The summed E-state index contributed by atoms with van der Waals surface area (Å²) < 4.78 is 13.4. The molecule has 39 heavy (non-hydrogen) atoms. The van der Waals surface area contributed by atoms with E-state index in [0.29, 0.717) is 37.6 Å². The van der Waals surface area contributed by atoms with E-state index in [9.17, 15) is 9.90 Å². The topological polar surface area (TPSA) is 122 Å². The van der Waals surface area contributed by atoms with Gasteiger partial charge in [0.25, 0.3) is 5.56 Å². The van der Waals surface area contributed by atoms with Gasteiger partial charge in [-0.25, -0.2) is 4.68 Å². The van der Waals surface area contributed by atoms with Crippen LogP contribution in [0.4, 0.5) is 5.69 Å². The summed E-state index contributed by atoms with van der Waals surface area (Å²) in [6.45, 7) is 6.73. The van der Waals surface area contributed by atoms with Crippen molar-refractivity contribution in [3.05, 3.63) is 70.3 Å². The number of aromatic hydroxyl groups is 1. The molecular weight excluding hydrogens is 498 g/mol. The Bertz CT molecular complexity index is 1470. The summed E-state index contributed by atoms with van der Waals surface area (Å²) in [7, 11) is 0. The van der Waals surface area contributed by atoms with Gasteiger partial charge in [0.15, 0.2) is 5.82 Å². The molecule has 0 amide bonds. The van der Waals surface area contributed by atoms with Crippen LogP contribution in [-0.4, -0.2) is 80.7 Å². The molecule has 2 aromatic carbocycles. The van der Waals surface area contributed by atoms with E-state index in [4.69, 9.17) is 9.47 Å². The van der Waals surface area contributed by atoms with Gasteiger partial charge in [-0.15, -0.1) is 5.10 Å². The van der Waals surface area contributed by atoms with Gasteiger partial charge in [0.1, 0.15) is 17.5 Å². The molecule has 204 valence electrons. The minimum Gasteiger partial charge on any atom is -0.508 e. The summed E-state index contributed by atoms with van der Waals surface area (Å²) in [5.41, 5.74) is 2.24. The second kappa shape index (κ2) is 11.0. The van der Waals surface area contributed by atoms with Gasteiger partial charge in [-0.05, 0) is 78.7 Å². The third-order valence-corrected chi connectivity index (χ3v) is 7.55. The maximum absolute atomic E-state index is 13.5. The normalized spacial score (nSPS) is 19.0. The highest BCUT2D eigenvalue weighted by Crippen LogP contribution is 2.30. The average molecular weight is 532 g/mol. The number of hydrogen-bond acceptors (Lipinski definition) is 9. The largest absolute Gasteiger partial charge is 0.508 e. The summed E-state index contributed by atoms with van der Waals surface area (Å²) in [5.74, 6) is 1.64. The number of piperazine rings is 1. The molecule has 11 heteroatoms. The van der Waals surface area contributed by atoms with Crippen LogP contribution in [0, 0.1) is 0 Å². The van der Waals surface area contributed by atoms with Gasteiger partial charge in [0.05, 0.1) is 19.3 Å². The fourth-order valence-electron chi connectivity index (χ4n) is 5.58. The predicted octanol–water partition coefficient (Wildman–Crippen LogP) is 2.71. The number of nitrogens with one attached hydrogen (secondary N) is 1. The number of benzene rings is 2. The molecule has 0 aliphatic carbocycles. The van der Waals surface area contributed by atoms with E-state index in [0.717, 1.165) is 54.9 Å². The smallest absolute Gasteiger partial charge is 0.253 e. The quantitative estimate of drug-likeness (QED) is 0.353. The van der Waals surface area contributed by atoms with Crippen molar-refractivity contribution in [2.45, 2.75) is 38.5 Å². The number of anilines is 1. The molecule has 0 unspecified atom stereocenters. The second-order valence-corrected chi connectivity index (χ2v) is 10.0.